The van der Waals surface area contributed by atoms with Crippen LogP contribution in [-0.2, 0) is 0 Å². The lowest BCUT2D eigenvalue weighted by molar-refractivity contribution is 0.262. The zero-order valence-corrected chi connectivity index (χ0v) is 17.3. The van der Waals surface area contributed by atoms with Crippen molar-refractivity contribution in [1.82, 2.24) is 4.98 Å². The van der Waals surface area contributed by atoms with E-state index in [4.69, 9.17) is 18.9 Å². The van der Waals surface area contributed by atoms with Crippen LogP contribution in [0.4, 0.5) is 15.6 Å². The van der Waals surface area contributed by atoms with E-state index >= 15 is 0 Å². The predicted molar refractivity (Wildman–Crippen MR) is 113 cm³/mol. The predicted octanol–water partition coefficient (Wildman–Crippen LogP) is 4.49. The van der Waals surface area contributed by atoms with Crippen LogP contribution < -0.4 is 29.6 Å². The van der Waals surface area contributed by atoms with E-state index in [0.717, 1.165) is 5.56 Å². The monoisotopic (exact) mass is 415 g/mol. The van der Waals surface area contributed by atoms with Crippen molar-refractivity contribution in [2.75, 3.05) is 39.1 Å². The molecule has 152 valence electrons. The van der Waals surface area contributed by atoms with Gasteiger partial charge >= 0.3 is 6.03 Å². The highest BCUT2D eigenvalue weighted by molar-refractivity contribution is 7.14. The van der Waals surface area contributed by atoms with Gasteiger partial charge in [0.05, 0.1) is 34.1 Å². The van der Waals surface area contributed by atoms with Gasteiger partial charge in [0.25, 0.3) is 0 Å². The van der Waals surface area contributed by atoms with Crippen LogP contribution in [0.15, 0.2) is 41.8 Å². The summed E-state index contributed by atoms with van der Waals surface area (Å²) in [7, 11) is 6.27. The molecule has 0 fully saturated rings. The van der Waals surface area contributed by atoms with Crippen molar-refractivity contribution in [3.05, 3.63) is 41.8 Å². The number of thiazole rings is 1. The first kappa shape index (κ1) is 20.3. The van der Waals surface area contributed by atoms with E-state index in [-0.39, 0.29) is 0 Å². The third-order valence-electron chi connectivity index (χ3n) is 4.02. The van der Waals surface area contributed by atoms with Gasteiger partial charge in [-0.2, -0.15) is 0 Å². The molecule has 0 atom stereocenters. The van der Waals surface area contributed by atoms with Crippen LogP contribution in [0.2, 0.25) is 0 Å². The maximum absolute atomic E-state index is 12.4. The van der Waals surface area contributed by atoms with E-state index < -0.39 is 6.03 Å². The Morgan fingerprint density at radius 3 is 2.17 bits per heavy atom. The molecule has 0 saturated heterocycles. The average molecular weight is 415 g/mol. The Balaban J connectivity index is 1.75. The first-order valence-corrected chi connectivity index (χ1v) is 9.43. The number of carbonyl (C=O) groups excluding carboxylic acids is 1. The molecule has 0 bridgehead atoms. The Morgan fingerprint density at radius 1 is 0.862 bits per heavy atom. The van der Waals surface area contributed by atoms with E-state index in [2.05, 4.69) is 15.6 Å². The van der Waals surface area contributed by atoms with Gasteiger partial charge in [-0.15, -0.1) is 11.3 Å². The number of nitrogens with zero attached hydrogens (tertiary/aromatic N) is 1. The number of benzene rings is 2. The molecule has 2 N–H and O–H groups in total. The normalized spacial score (nSPS) is 10.2. The summed E-state index contributed by atoms with van der Waals surface area (Å²) in [5.41, 5.74) is 1.98. The summed E-state index contributed by atoms with van der Waals surface area (Å²) < 4.78 is 21.1. The van der Waals surface area contributed by atoms with Crippen LogP contribution in [0.5, 0.6) is 23.0 Å². The minimum absolute atomic E-state index is 0.432. The Morgan fingerprint density at radius 2 is 1.55 bits per heavy atom. The van der Waals surface area contributed by atoms with Crippen LogP contribution in [0.3, 0.4) is 0 Å². The van der Waals surface area contributed by atoms with Crippen molar-refractivity contribution in [2.24, 2.45) is 0 Å². The number of carbonyl (C=O) groups is 1. The Kier molecular flexibility index (Phi) is 6.40. The summed E-state index contributed by atoms with van der Waals surface area (Å²) in [6.45, 7) is 0. The lowest BCUT2D eigenvalue weighted by atomic mass is 10.1. The third-order valence-corrected chi connectivity index (χ3v) is 4.77. The maximum atomic E-state index is 12.4. The van der Waals surface area contributed by atoms with Crippen molar-refractivity contribution in [3.63, 3.8) is 0 Å². The molecule has 3 rings (SSSR count). The fourth-order valence-corrected chi connectivity index (χ4v) is 3.31. The van der Waals surface area contributed by atoms with Gasteiger partial charge in [0.1, 0.15) is 23.0 Å². The number of hydrogen-bond donors (Lipinski definition) is 2. The van der Waals surface area contributed by atoms with Gasteiger partial charge in [0.15, 0.2) is 5.13 Å². The number of hydrogen-bond acceptors (Lipinski definition) is 7. The van der Waals surface area contributed by atoms with Crippen molar-refractivity contribution in [3.8, 4) is 34.3 Å². The van der Waals surface area contributed by atoms with E-state index in [1.165, 1.54) is 11.3 Å². The van der Waals surface area contributed by atoms with E-state index in [9.17, 15) is 4.79 Å². The molecular formula is C20H21N3O5S. The molecule has 0 aliphatic heterocycles. The summed E-state index contributed by atoms with van der Waals surface area (Å²) in [6, 6.07) is 10.1. The summed E-state index contributed by atoms with van der Waals surface area (Å²) in [4.78, 5) is 16.8. The molecule has 0 unspecified atom stereocenters. The summed E-state index contributed by atoms with van der Waals surface area (Å²) >= 11 is 1.30. The minimum atomic E-state index is -0.432. The molecule has 1 heterocycles. The smallest absolute Gasteiger partial charge is 0.325 e. The van der Waals surface area contributed by atoms with Crippen LogP contribution >= 0.6 is 11.3 Å². The molecule has 0 aliphatic rings. The number of aromatic nitrogens is 1. The zero-order chi connectivity index (χ0) is 20.8. The number of methoxy groups -OCH3 is 4. The molecule has 2 aromatic carbocycles. The highest BCUT2D eigenvalue weighted by Gasteiger charge is 2.13. The fraction of sp³-hybridized carbons (Fsp3) is 0.200. The first-order valence-electron chi connectivity index (χ1n) is 8.55. The third kappa shape index (κ3) is 4.88. The van der Waals surface area contributed by atoms with Crippen molar-refractivity contribution >= 4 is 28.2 Å². The number of anilines is 2. The van der Waals surface area contributed by atoms with E-state index in [1.54, 1.807) is 46.6 Å². The Labute approximate surface area is 172 Å². The maximum Gasteiger partial charge on any atom is 0.325 e. The Bertz CT molecular complexity index is 983. The lowest BCUT2D eigenvalue weighted by Crippen LogP contribution is -2.19. The van der Waals surface area contributed by atoms with Gasteiger partial charge in [-0.1, -0.05) is 0 Å². The van der Waals surface area contributed by atoms with Gasteiger partial charge in [0.2, 0.25) is 0 Å². The molecule has 2 amide bonds. The topological polar surface area (TPSA) is 90.9 Å². The SMILES string of the molecule is COc1cc(NC(=O)Nc2nc(-c3cc(OC)ccc3OC)cs2)cc(OC)c1. The quantitative estimate of drug-likeness (QED) is 0.591. The van der Waals surface area contributed by atoms with Gasteiger partial charge in [0, 0.05) is 34.8 Å². The molecule has 29 heavy (non-hydrogen) atoms. The second-order valence-electron chi connectivity index (χ2n) is 5.78. The molecule has 1 aromatic heterocycles. The van der Waals surface area contributed by atoms with Crippen molar-refractivity contribution < 1.29 is 23.7 Å². The van der Waals surface area contributed by atoms with Crippen LogP contribution in [0.25, 0.3) is 11.3 Å². The van der Waals surface area contributed by atoms with Crippen molar-refractivity contribution in [1.29, 1.82) is 0 Å². The number of rotatable bonds is 7. The number of amides is 2. The Hall–Kier alpha value is -3.46. The molecule has 0 radical (unpaired) electrons. The fourth-order valence-electron chi connectivity index (χ4n) is 2.61. The number of ether oxygens (including phenoxy) is 4. The summed E-state index contributed by atoms with van der Waals surface area (Å²) in [5.74, 6) is 2.49. The molecule has 0 aliphatic carbocycles. The summed E-state index contributed by atoms with van der Waals surface area (Å²) in [6.07, 6.45) is 0. The zero-order valence-electron chi connectivity index (χ0n) is 16.4. The van der Waals surface area contributed by atoms with E-state index in [1.807, 2.05) is 23.6 Å². The molecular weight excluding hydrogens is 394 g/mol. The largest absolute Gasteiger partial charge is 0.497 e. The van der Waals surface area contributed by atoms with E-state index in [0.29, 0.717) is 39.5 Å². The second-order valence-corrected chi connectivity index (χ2v) is 6.64. The molecule has 0 saturated carbocycles. The standard InChI is InChI=1S/C20H21N3O5S/c1-25-13-5-6-18(28-4)16(10-13)17-11-29-20(22-17)23-19(24)21-12-7-14(26-2)9-15(8-12)27-3/h5-11H,1-4H3,(H2,21,22,23,24). The summed E-state index contributed by atoms with van der Waals surface area (Å²) in [5, 5.41) is 7.74. The van der Waals surface area contributed by atoms with Crippen molar-refractivity contribution in [2.45, 2.75) is 0 Å². The molecule has 9 heteroatoms. The van der Waals surface area contributed by atoms with Crippen LogP contribution in [0, 0.1) is 0 Å². The lowest BCUT2D eigenvalue weighted by Gasteiger charge is -2.10. The average Bonchev–Trinajstić information content (AvgIpc) is 3.20. The van der Waals surface area contributed by atoms with Crippen LogP contribution in [0.1, 0.15) is 0 Å². The van der Waals surface area contributed by atoms with Gasteiger partial charge in [-0.05, 0) is 18.2 Å². The second kappa shape index (κ2) is 9.16. The molecule has 8 nitrogen and oxygen atoms in total. The minimum Gasteiger partial charge on any atom is -0.497 e. The molecule has 3 aromatic rings. The highest BCUT2D eigenvalue weighted by atomic mass is 32.1. The van der Waals surface area contributed by atoms with Gasteiger partial charge in [-0.25, -0.2) is 9.78 Å². The van der Waals surface area contributed by atoms with Gasteiger partial charge in [-0.3, -0.25) is 5.32 Å². The highest BCUT2D eigenvalue weighted by Crippen LogP contribution is 2.35. The van der Waals surface area contributed by atoms with Crippen LogP contribution in [-0.4, -0.2) is 39.5 Å². The number of nitrogens with one attached hydrogen (secondary N) is 2. The first-order chi connectivity index (χ1) is 14.1. The molecule has 0 spiro atoms. The van der Waals surface area contributed by atoms with Gasteiger partial charge < -0.3 is 24.3 Å². The number of urea groups is 1.